The van der Waals surface area contributed by atoms with Crippen LogP contribution in [0.15, 0.2) is 18.2 Å². The zero-order valence-electron chi connectivity index (χ0n) is 12.2. The van der Waals surface area contributed by atoms with Crippen molar-refractivity contribution in [1.82, 2.24) is 4.98 Å². The maximum Gasteiger partial charge on any atom is 0.119 e. The van der Waals surface area contributed by atoms with Gasteiger partial charge in [0, 0.05) is 23.3 Å². The summed E-state index contributed by atoms with van der Waals surface area (Å²) in [5.41, 5.74) is 4.64. The predicted molar refractivity (Wildman–Crippen MR) is 81.2 cm³/mol. The van der Waals surface area contributed by atoms with Gasteiger partial charge in [-0.15, -0.1) is 0 Å². The molecule has 2 rings (SSSR count). The van der Waals surface area contributed by atoms with Crippen molar-refractivity contribution in [1.29, 1.82) is 0 Å². The van der Waals surface area contributed by atoms with Crippen LogP contribution in [0.1, 0.15) is 31.5 Å². The largest absolute Gasteiger partial charge is 0.497 e. The summed E-state index contributed by atoms with van der Waals surface area (Å²) < 4.78 is 5.32. The van der Waals surface area contributed by atoms with Crippen molar-refractivity contribution in [2.45, 2.75) is 33.6 Å². The zero-order valence-corrected chi connectivity index (χ0v) is 12.2. The van der Waals surface area contributed by atoms with Crippen LogP contribution in [0.25, 0.3) is 10.9 Å². The molecule has 1 heterocycles. The molecular formula is C16H22N2O. The van der Waals surface area contributed by atoms with Crippen LogP contribution in [0.3, 0.4) is 0 Å². The zero-order chi connectivity index (χ0) is 13.8. The molecule has 0 fully saturated rings. The van der Waals surface area contributed by atoms with Crippen LogP contribution in [-0.2, 0) is 6.42 Å². The molecule has 19 heavy (non-hydrogen) atoms. The van der Waals surface area contributed by atoms with E-state index < -0.39 is 0 Å². The number of aromatic nitrogens is 1. The maximum atomic E-state index is 5.32. The molecule has 0 atom stereocenters. The molecule has 0 saturated heterocycles. The van der Waals surface area contributed by atoms with Gasteiger partial charge in [-0.2, -0.15) is 0 Å². The summed E-state index contributed by atoms with van der Waals surface area (Å²) in [6.07, 6.45) is 2.06. The minimum atomic E-state index is 0.873. The van der Waals surface area contributed by atoms with Gasteiger partial charge >= 0.3 is 0 Å². The Morgan fingerprint density at radius 3 is 2.68 bits per heavy atom. The lowest BCUT2D eigenvalue weighted by atomic mass is 10.0. The molecule has 0 aliphatic rings. The first-order valence-electron chi connectivity index (χ1n) is 6.92. The Bertz CT molecular complexity index is 578. The molecule has 3 nitrogen and oxygen atoms in total. The molecular weight excluding hydrogens is 236 g/mol. The summed E-state index contributed by atoms with van der Waals surface area (Å²) in [7, 11) is 1.70. The number of aryl methyl sites for hydroxylation is 1. The van der Waals surface area contributed by atoms with E-state index >= 15 is 0 Å². The molecule has 1 aromatic heterocycles. The monoisotopic (exact) mass is 258 g/mol. The lowest BCUT2D eigenvalue weighted by molar-refractivity contribution is 0.415. The van der Waals surface area contributed by atoms with E-state index in [2.05, 4.69) is 32.2 Å². The summed E-state index contributed by atoms with van der Waals surface area (Å²) in [6, 6.07) is 6.06. The molecule has 2 aromatic rings. The number of pyridine rings is 1. The van der Waals surface area contributed by atoms with E-state index in [0.29, 0.717) is 0 Å². The molecule has 0 bridgehead atoms. The second kappa shape index (κ2) is 5.91. The van der Waals surface area contributed by atoms with E-state index in [0.717, 1.165) is 41.7 Å². The molecule has 0 unspecified atom stereocenters. The third-order valence-corrected chi connectivity index (χ3v) is 3.42. The smallest absolute Gasteiger partial charge is 0.119 e. The number of methoxy groups -OCH3 is 1. The SMILES string of the molecule is CCCNc1c(C)c(CC)nc2ccc(OC)cc12. The molecule has 0 spiro atoms. The third-order valence-electron chi connectivity index (χ3n) is 3.42. The summed E-state index contributed by atoms with van der Waals surface area (Å²) in [5, 5.41) is 4.68. The average Bonchev–Trinajstić information content (AvgIpc) is 2.45. The second-order valence-corrected chi connectivity index (χ2v) is 4.72. The normalized spacial score (nSPS) is 10.7. The molecule has 0 radical (unpaired) electrons. The number of hydrogen-bond acceptors (Lipinski definition) is 3. The molecule has 3 heteroatoms. The molecule has 0 amide bonds. The van der Waals surface area contributed by atoms with Crippen molar-refractivity contribution in [3.8, 4) is 5.75 Å². The van der Waals surface area contributed by atoms with Gasteiger partial charge in [0.25, 0.3) is 0 Å². The van der Waals surface area contributed by atoms with Crippen molar-refractivity contribution < 1.29 is 4.74 Å². The van der Waals surface area contributed by atoms with Gasteiger partial charge in [-0.25, -0.2) is 0 Å². The Balaban J connectivity index is 2.65. The Labute approximate surface area is 115 Å². The van der Waals surface area contributed by atoms with Gasteiger partial charge in [-0.05, 0) is 43.5 Å². The summed E-state index contributed by atoms with van der Waals surface area (Å²) >= 11 is 0. The Kier molecular flexibility index (Phi) is 4.25. The summed E-state index contributed by atoms with van der Waals surface area (Å²) in [5.74, 6) is 0.873. The average molecular weight is 258 g/mol. The van der Waals surface area contributed by atoms with Crippen molar-refractivity contribution in [3.05, 3.63) is 29.5 Å². The van der Waals surface area contributed by atoms with Crippen LogP contribution in [0, 0.1) is 6.92 Å². The van der Waals surface area contributed by atoms with E-state index in [4.69, 9.17) is 9.72 Å². The molecule has 102 valence electrons. The van der Waals surface area contributed by atoms with Gasteiger partial charge in [0.2, 0.25) is 0 Å². The van der Waals surface area contributed by atoms with Gasteiger partial charge in [-0.3, -0.25) is 4.98 Å². The number of fused-ring (bicyclic) bond motifs is 1. The van der Waals surface area contributed by atoms with Crippen molar-refractivity contribution in [2.24, 2.45) is 0 Å². The predicted octanol–water partition coefficient (Wildman–Crippen LogP) is 3.94. The summed E-state index contributed by atoms with van der Waals surface area (Å²) in [6.45, 7) is 7.43. The number of anilines is 1. The minimum Gasteiger partial charge on any atom is -0.497 e. The third kappa shape index (κ3) is 2.65. The molecule has 1 N–H and O–H groups in total. The van der Waals surface area contributed by atoms with Gasteiger partial charge in [0.05, 0.1) is 12.6 Å². The highest BCUT2D eigenvalue weighted by Crippen LogP contribution is 2.31. The topological polar surface area (TPSA) is 34.2 Å². The number of nitrogens with zero attached hydrogens (tertiary/aromatic N) is 1. The van der Waals surface area contributed by atoms with Gasteiger partial charge in [0.1, 0.15) is 5.75 Å². The summed E-state index contributed by atoms with van der Waals surface area (Å²) in [4.78, 5) is 4.74. The highest BCUT2D eigenvalue weighted by molar-refractivity contribution is 5.94. The standard InChI is InChI=1S/C16H22N2O/c1-5-9-17-16-11(3)14(6-2)18-15-8-7-12(19-4)10-13(15)16/h7-8,10H,5-6,9H2,1-4H3,(H,17,18). The van der Waals surface area contributed by atoms with Crippen LogP contribution in [-0.4, -0.2) is 18.6 Å². The van der Waals surface area contributed by atoms with E-state index in [1.165, 1.54) is 11.3 Å². The van der Waals surface area contributed by atoms with Gasteiger partial charge < -0.3 is 10.1 Å². The second-order valence-electron chi connectivity index (χ2n) is 4.72. The van der Waals surface area contributed by atoms with Crippen LogP contribution in [0.5, 0.6) is 5.75 Å². The van der Waals surface area contributed by atoms with Gasteiger partial charge in [-0.1, -0.05) is 13.8 Å². The molecule has 0 aliphatic carbocycles. The van der Waals surface area contributed by atoms with Crippen molar-refractivity contribution in [2.75, 3.05) is 19.0 Å². The number of hydrogen-bond donors (Lipinski definition) is 1. The Hall–Kier alpha value is -1.77. The van der Waals surface area contributed by atoms with E-state index in [1.807, 2.05) is 12.1 Å². The fourth-order valence-corrected chi connectivity index (χ4v) is 2.34. The Morgan fingerprint density at radius 1 is 1.26 bits per heavy atom. The van der Waals surface area contributed by atoms with E-state index in [9.17, 15) is 0 Å². The fourth-order valence-electron chi connectivity index (χ4n) is 2.34. The maximum absolute atomic E-state index is 5.32. The number of benzene rings is 1. The van der Waals surface area contributed by atoms with Crippen LogP contribution in [0.4, 0.5) is 5.69 Å². The minimum absolute atomic E-state index is 0.873. The molecule has 0 saturated carbocycles. The van der Waals surface area contributed by atoms with Crippen LogP contribution >= 0.6 is 0 Å². The quantitative estimate of drug-likeness (QED) is 0.882. The van der Waals surface area contributed by atoms with Crippen molar-refractivity contribution >= 4 is 16.6 Å². The van der Waals surface area contributed by atoms with E-state index in [1.54, 1.807) is 7.11 Å². The Morgan fingerprint density at radius 2 is 2.05 bits per heavy atom. The first-order chi connectivity index (χ1) is 9.21. The van der Waals surface area contributed by atoms with E-state index in [-0.39, 0.29) is 0 Å². The van der Waals surface area contributed by atoms with Crippen molar-refractivity contribution in [3.63, 3.8) is 0 Å². The highest BCUT2D eigenvalue weighted by atomic mass is 16.5. The van der Waals surface area contributed by atoms with Crippen LogP contribution in [0.2, 0.25) is 0 Å². The number of ether oxygens (including phenoxy) is 1. The lowest BCUT2D eigenvalue weighted by Gasteiger charge is -2.15. The fraction of sp³-hybridized carbons (Fsp3) is 0.438. The first-order valence-corrected chi connectivity index (χ1v) is 6.92. The number of rotatable bonds is 5. The molecule has 1 aromatic carbocycles. The number of nitrogens with one attached hydrogen (secondary N) is 1. The van der Waals surface area contributed by atoms with Gasteiger partial charge in [0.15, 0.2) is 0 Å². The van der Waals surface area contributed by atoms with Crippen LogP contribution < -0.4 is 10.1 Å². The lowest BCUT2D eigenvalue weighted by Crippen LogP contribution is -2.06. The first kappa shape index (κ1) is 13.7. The molecule has 0 aliphatic heterocycles. The highest BCUT2D eigenvalue weighted by Gasteiger charge is 2.11.